The van der Waals surface area contributed by atoms with Crippen molar-refractivity contribution < 1.29 is 9.90 Å². The molecule has 3 aromatic heterocycles. The molecule has 1 saturated heterocycles. The molecule has 4 heterocycles. The Hall–Kier alpha value is -2.61. The molecule has 23 heavy (non-hydrogen) atoms. The predicted molar refractivity (Wildman–Crippen MR) is 85.7 cm³/mol. The third-order valence-corrected chi connectivity index (χ3v) is 4.76. The van der Waals surface area contributed by atoms with Gasteiger partial charge < -0.3 is 10.0 Å². The molecule has 0 radical (unpaired) electrons. The maximum atomic E-state index is 10.9. The van der Waals surface area contributed by atoms with Gasteiger partial charge in [-0.25, -0.2) is 24.7 Å². The second kappa shape index (κ2) is 5.54. The van der Waals surface area contributed by atoms with E-state index in [9.17, 15) is 4.79 Å². The van der Waals surface area contributed by atoms with Crippen molar-refractivity contribution >= 4 is 33.5 Å². The van der Waals surface area contributed by atoms with Gasteiger partial charge in [0, 0.05) is 18.9 Å². The number of anilines is 1. The van der Waals surface area contributed by atoms with E-state index in [0.29, 0.717) is 11.8 Å². The van der Waals surface area contributed by atoms with Crippen LogP contribution in [0.25, 0.3) is 10.2 Å². The first kappa shape index (κ1) is 14.0. The van der Waals surface area contributed by atoms with Crippen molar-refractivity contribution in [2.75, 3.05) is 11.4 Å². The molecule has 4 rings (SSSR count). The van der Waals surface area contributed by atoms with Crippen molar-refractivity contribution in [1.29, 1.82) is 0 Å². The molecular weight excluding hydrogens is 314 g/mol. The van der Waals surface area contributed by atoms with Crippen LogP contribution in [0.3, 0.4) is 0 Å². The molecule has 1 fully saturated rings. The molecule has 0 amide bonds. The Balaban J connectivity index is 1.66. The number of carbonyl (C=O) groups is 1. The molecule has 8 heteroatoms. The largest absolute Gasteiger partial charge is 0.478 e. The maximum Gasteiger partial charge on any atom is 0.338 e. The summed E-state index contributed by atoms with van der Waals surface area (Å²) in [5.74, 6) is 0.261. The summed E-state index contributed by atoms with van der Waals surface area (Å²) in [4.78, 5) is 30.5. The summed E-state index contributed by atoms with van der Waals surface area (Å²) in [5.41, 5.74) is 1.03. The first-order valence-corrected chi connectivity index (χ1v) is 8.12. The Labute approximate surface area is 135 Å². The van der Waals surface area contributed by atoms with Crippen LogP contribution < -0.4 is 4.90 Å². The van der Waals surface area contributed by atoms with E-state index >= 15 is 0 Å². The molecule has 0 bridgehead atoms. The minimum absolute atomic E-state index is 0.0195. The molecule has 1 N–H and O–H groups in total. The van der Waals surface area contributed by atoms with Crippen molar-refractivity contribution in [3.63, 3.8) is 0 Å². The van der Waals surface area contributed by atoms with Gasteiger partial charge in [0.2, 0.25) is 5.95 Å². The Morgan fingerprint density at radius 1 is 1.26 bits per heavy atom. The fourth-order valence-corrected chi connectivity index (χ4v) is 3.48. The molecule has 7 nitrogen and oxygen atoms in total. The Morgan fingerprint density at radius 3 is 2.87 bits per heavy atom. The van der Waals surface area contributed by atoms with Crippen LogP contribution >= 0.6 is 11.3 Å². The molecule has 116 valence electrons. The number of hydrogen-bond donors (Lipinski definition) is 1. The summed E-state index contributed by atoms with van der Waals surface area (Å²) in [5, 5.41) is 10.9. The number of aromatic nitrogens is 4. The first-order chi connectivity index (χ1) is 11.2. The van der Waals surface area contributed by atoms with Gasteiger partial charge in [0.25, 0.3) is 0 Å². The van der Waals surface area contributed by atoms with Crippen molar-refractivity contribution in [2.24, 2.45) is 0 Å². The van der Waals surface area contributed by atoms with E-state index in [1.807, 2.05) is 17.6 Å². The van der Waals surface area contributed by atoms with Crippen LogP contribution in [-0.2, 0) is 0 Å². The molecule has 0 saturated carbocycles. The third kappa shape index (κ3) is 2.50. The van der Waals surface area contributed by atoms with Crippen LogP contribution in [0.4, 0.5) is 5.95 Å². The summed E-state index contributed by atoms with van der Waals surface area (Å²) >= 11 is 1.62. The molecule has 0 aliphatic carbocycles. The van der Waals surface area contributed by atoms with Crippen molar-refractivity contribution in [1.82, 2.24) is 19.9 Å². The van der Waals surface area contributed by atoms with E-state index < -0.39 is 5.97 Å². The highest BCUT2D eigenvalue weighted by atomic mass is 32.1. The SMILES string of the molecule is O=C(O)c1cnc(C2CCCN2c2ncc3sccc3n2)nc1. The smallest absolute Gasteiger partial charge is 0.338 e. The highest BCUT2D eigenvalue weighted by Gasteiger charge is 2.30. The van der Waals surface area contributed by atoms with Gasteiger partial charge in [-0.15, -0.1) is 11.3 Å². The average Bonchev–Trinajstić information content (AvgIpc) is 3.23. The van der Waals surface area contributed by atoms with E-state index in [1.54, 1.807) is 11.3 Å². The number of fused-ring (bicyclic) bond motifs is 1. The molecule has 1 aliphatic heterocycles. The summed E-state index contributed by atoms with van der Waals surface area (Å²) < 4.78 is 1.06. The van der Waals surface area contributed by atoms with Crippen molar-refractivity contribution in [3.05, 3.63) is 41.4 Å². The topological polar surface area (TPSA) is 92.1 Å². The average molecular weight is 327 g/mol. The van der Waals surface area contributed by atoms with E-state index in [1.165, 1.54) is 12.4 Å². The first-order valence-electron chi connectivity index (χ1n) is 7.24. The van der Waals surface area contributed by atoms with Gasteiger partial charge in [0.1, 0.15) is 0 Å². The quantitative estimate of drug-likeness (QED) is 0.790. The number of thiophene rings is 1. The minimum Gasteiger partial charge on any atom is -0.478 e. The molecule has 3 aromatic rings. The van der Waals surface area contributed by atoms with Crippen LogP contribution in [0.15, 0.2) is 30.0 Å². The van der Waals surface area contributed by atoms with E-state index in [0.717, 1.165) is 29.6 Å². The van der Waals surface area contributed by atoms with Gasteiger partial charge in [-0.1, -0.05) is 0 Å². The fourth-order valence-electron chi connectivity index (χ4n) is 2.79. The zero-order valence-electron chi connectivity index (χ0n) is 12.1. The lowest BCUT2D eigenvalue weighted by Gasteiger charge is -2.23. The summed E-state index contributed by atoms with van der Waals surface area (Å²) in [7, 11) is 0. The van der Waals surface area contributed by atoms with E-state index in [4.69, 9.17) is 5.11 Å². The minimum atomic E-state index is -1.02. The number of carboxylic acid groups (broad SMARTS) is 1. The van der Waals surface area contributed by atoms with Crippen LogP contribution in [0.5, 0.6) is 0 Å². The van der Waals surface area contributed by atoms with Gasteiger partial charge in [0.15, 0.2) is 5.82 Å². The highest BCUT2D eigenvalue weighted by molar-refractivity contribution is 7.17. The number of nitrogens with zero attached hydrogens (tertiary/aromatic N) is 5. The van der Waals surface area contributed by atoms with Crippen LogP contribution in [-0.4, -0.2) is 37.6 Å². The molecule has 1 aliphatic rings. The van der Waals surface area contributed by atoms with E-state index in [-0.39, 0.29) is 11.6 Å². The van der Waals surface area contributed by atoms with Crippen LogP contribution in [0.1, 0.15) is 35.1 Å². The van der Waals surface area contributed by atoms with Crippen molar-refractivity contribution in [3.8, 4) is 0 Å². The monoisotopic (exact) mass is 327 g/mol. The Bertz CT molecular complexity index is 864. The molecule has 1 atom stereocenters. The number of rotatable bonds is 3. The lowest BCUT2D eigenvalue weighted by Crippen LogP contribution is -2.26. The molecule has 0 spiro atoms. The standard InChI is InChI=1S/C15H13N5O2S/c21-14(22)9-6-16-13(17-7-9)11-2-1-4-20(11)15-18-8-12-10(19-15)3-5-23-12/h3,5-8,11H,1-2,4H2,(H,21,22). The van der Waals surface area contributed by atoms with Crippen LogP contribution in [0, 0.1) is 0 Å². The lowest BCUT2D eigenvalue weighted by atomic mass is 10.2. The third-order valence-electron chi connectivity index (χ3n) is 3.92. The maximum absolute atomic E-state index is 10.9. The van der Waals surface area contributed by atoms with Crippen molar-refractivity contribution in [2.45, 2.75) is 18.9 Å². The van der Waals surface area contributed by atoms with E-state index in [2.05, 4.69) is 24.8 Å². The van der Waals surface area contributed by atoms with Gasteiger partial charge in [-0.2, -0.15) is 0 Å². The highest BCUT2D eigenvalue weighted by Crippen LogP contribution is 2.33. The molecule has 0 aromatic carbocycles. The van der Waals surface area contributed by atoms with Crippen LogP contribution in [0.2, 0.25) is 0 Å². The summed E-state index contributed by atoms with van der Waals surface area (Å²) in [6, 6.07) is 1.96. The summed E-state index contributed by atoms with van der Waals surface area (Å²) in [6.07, 6.45) is 6.44. The zero-order valence-corrected chi connectivity index (χ0v) is 12.9. The number of hydrogen-bond acceptors (Lipinski definition) is 7. The molecule has 1 unspecified atom stereocenters. The lowest BCUT2D eigenvalue weighted by molar-refractivity contribution is 0.0696. The van der Waals surface area contributed by atoms with Gasteiger partial charge in [-0.05, 0) is 24.3 Å². The second-order valence-electron chi connectivity index (χ2n) is 5.33. The van der Waals surface area contributed by atoms with Gasteiger partial charge in [0.05, 0.1) is 28.0 Å². The Morgan fingerprint density at radius 2 is 2.09 bits per heavy atom. The normalized spacial score (nSPS) is 17.7. The number of aromatic carboxylic acids is 1. The zero-order chi connectivity index (χ0) is 15.8. The fraction of sp³-hybridized carbons (Fsp3) is 0.267. The second-order valence-corrected chi connectivity index (χ2v) is 6.27. The van der Waals surface area contributed by atoms with Gasteiger partial charge in [-0.3, -0.25) is 0 Å². The van der Waals surface area contributed by atoms with Gasteiger partial charge >= 0.3 is 5.97 Å². The predicted octanol–water partition coefficient (Wildman–Crippen LogP) is 2.52. The molecular formula is C15H13N5O2S. The Kier molecular flexibility index (Phi) is 3.38. The number of carboxylic acids is 1. The summed E-state index contributed by atoms with van der Waals surface area (Å²) in [6.45, 7) is 0.838.